The Morgan fingerprint density at radius 1 is 1.10 bits per heavy atom. The van der Waals surface area contributed by atoms with Gasteiger partial charge >= 0.3 is 12.1 Å². The molecular formula is C30H37F2N5O4. The molecule has 1 aromatic carbocycles. The smallest absolute Gasteiger partial charge is 0.410 e. The van der Waals surface area contributed by atoms with Gasteiger partial charge in [-0.05, 0) is 70.6 Å². The van der Waals surface area contributed by atoms with Crippen LogP contribution in [0.15, 0.2) is 18.3 Å². The first-order valence-corrected chi connectivity index (χ1v) is 13.8. The van der Waals surface area contributed by atoms with Crippen LogP contribution in [-0.4, -0.2) is 59.4 Å². The number of amides is 3. The van der Waals surface area contributed by atoms with Crippen LogP contribution in [-0.2, 0) is 24.8 Å². The summed E-state index contributed by atoms with van der Waals surface area (Å²) in [7, 11) is 4.86. The number of hydrogen-bond acceptors (Lipinski definition) is 5. The van der Waals surface area contributed by atoms with Crippen LogP contribution in [0.1, 0.15) is 50.4 Å². The number of aromatic nitrogens is 2. The van der Waals surface area contributed by atoms with Crippen LogP contribution in [0.25, 0.3) is 11.0 Å². The second-order valence-electron chi connectivity index (χ2n) is 12.0. The van der Waals surface area contributed by atoms with E-state index in [1.165, 1.54) is 25.0 Å². The highest BCUT2D eigenvalue weighted by atomic mass is 19.1. The SMILES string of the molecule is COc1cc(C)c(F)c(N2Cc3cnc4c(cc(CC5CCN(C(=O)OC(C)(C)C)CC5)n4C)c3N(C)C2=O)c1F. The van der Waals surface area contributed by atoms with Crippen molar-refractivity contribution in [2.45, 2.75) is 59.1 Å². The molecule has 2 aliphatic rings. The molecule has 11 heteroatoms. The molecule has 0 N–H and O–H groups in total. The molecule has 0 atom stereocenters. The maximum Gasteiger partial charge on any atom is 0.410 e. The third-order valence-corrected chi connectivity index (χ3v) is 7.96. The first kappa shape index (κ1) is 28.6. The number of ether oxygens (including phenoxy) is 2. The molecule has 9 nitrogen and oxygen atoms in total. The molecule has 0 spiro atoms. The molecule has 3 amide bonds. The highest BCUT2D eigenvalue weighted by molar-refractivity contribution is 6.11. The lowest BCUT2D eigenvalue weighted by molar-refractivity contribution is 0.0184. The van der Waals surface area contributed by atoms with Gasteiger partial charge in [-0.3, -0.25) is 9.80 Å². The van der Waals surface area contributed by atoms with Gasteiger partial charge in [0.15, 0.2) is 17.4 Å². The number of halogens is 2. The molecule has 3 aromatic rings. The average Bonchev–Trinajstić information content (AvgIpc) is 3.23. The van der Waals surface area contributed by atoms with E-state index >= 15 is 8.78 Å². The lowest BCUT2D eigenvalue weighted by atomic mass is 9.92. The summed E-state index contributed by atoms with van der Waals surface area (Å²) in [5.41, 5.74) is 2.38. The van der Waals surface area contributed by atoms with Crippen molar-refractivity contribution in [3.8, 4) is 5.75 Å². The zero-order chi connectivity index (χ0) is 29.8. The second kappa shape index (κ2) is 10.5. The number of nitrogens with zero attached hydrogens (tertiary/aromatic N) is 5. The molecule has 0 radical (unpaired) electrons. The summed E-state index contributed by atoms with van der Waals surface area (Å²) in [6.07, 6.45) is 3.90. The first-order chi connectivity index (χ1) is 19.3. The Kier molecular flexibility index (Phi) is 7.33. The number of hydrogen-bond donors (Lipinski definition) is 0. The lowest BCUT2D eigenvalue weighted by Gasteiger charge is -2.35. The molecule has 41 heavy (non-hydrogen) atoms. The van der Waals surface area contributed by atoms with Crippen LogP contribution < -0.4 is 14.5 Å². The van der Waals surface area contributed by atoms with Gasteiger partial charge in [0.25, 0.3) is 0 Å². The monoisotopic (exact) mass is 569 g/mol. The fourth-order valence-corrected chi connectivity index (χ4v) is 5.80. The molecule has 2 aliphatic heterocycles. The van der Waals surface area contributed by atoms with Gasteiger partial charge in [-0.1, -0.05) is 0 Å². The number of carbonyl (C=O) groups is 2. The fourth-order valence-electron chi connectivity index (χ4n) is 5.80. The number of pyridine rings is 1. The summed E-state index contributed by atoms with van der Waals surface area (Å²) in [6, 6.07) is 2.78. The van der Waals surface area contributed by atoms with Gasteiger partial charge in [0, 0.05) is 50.0 Å². The van der Waals surface area contributed by atoms with E-state index in [9.17, 15) is 9.59 Å². The summed E-state index contributed by atoms with van der Waals surface area (Å²) in [6.45, 7) is 8.35. The molecule has 1 saturated heterocycles. The van der Waals surface area contributed by atoms with E-state index in [-0.39, 0.29) is 24.0 Å². The Morgan fingerprint density at radius 3 is 2.41 bits per heavy atom. The quantitative estimate of drug-likeness (QED) is 0.389. The largest absolute Gasteiger partial charge is 0.494 e. The third kappa shape index (κ3) is 5.17. The van der Waals surface area contributed by atoms with Gasteiger partial charge in [0.05, 0.1) is 19.3 Å². The maximum absolute atomic E-state index is 15.2. The normalized spacial score (nSPS) is 16.4. The maximum atomic E-state index is 15.2. The number of rotatable bonds is 4. The lowest BCUT2D eigenvalue weighted by Crippen LogP contribution is -2.46. The van der Waals surface area contributed by atoms with Crippen LogP contribution in [0.4, 0.5) is 29.7 Å². The molecule has 220 valence electrons. The minimum Gasteiger partial charge on any atom is -0.494 e. The van der Waals surface area contributed by atoms with Gasteiger partial charge in [-0.25, -0.2) is 23.4 Å². The Labute approximate surface area is 238 Å². The summed E-state index contributed by atoms with van der Waals surface area (Å²) < 4.78 is 43.0. The summed E-state index contributed by atoms with van der Waals surface area (Å²) >= 11 is 0. The molecule has 0 saturated carbocycles. The zero-order valence-electron chi connectivity index (χ0n) is 24.7. The number of anilines is 2. The predicted molar refractivity (Wildman–Crippen MR) is 153 cm³/mol. The number of carbonyl (C=O) groups excluding carboxylic acids is 2. The number of piperidine rings is 1. The Hall–Kier alpha value is -3.89. The number of methoxy groups -OCH3 is 1. The van der Waals surface area contributed by atoms with Crippen molar-refractivity contribution < 1.29 is 27.8 Å². The topological polar surface area (TPSA) is 80.1 Å². The van der Waals surface area contributed by atoms with Gasteiger partial charge < -0.3 is 18.9 Å². The Bertz CT molecular complexity index is 1520. The van der Waals surface area contributed by atoms with Crippen molar-refractivity contribution in [1.29, 1.82) is 0 Å². The van der Waals surface area contributed by atoms with Crippen LogP contribution in [0.2, 0.25) is 0 Å². The minimum absolute atomic E-state index is 0.0325. The van der Waals surface area contributed by atoms with E-state index in [1.807, 2.05) is 32.4 Å². The second-order valence-corrected chi connectivity index (χ2v) is 12.0. The van der Waals surface area contributed by atoms with Crippen LogP contribution in [0, 0.1) is 24.5 Å². The minimum atomic E-state index is -0.922. The molecule has 5 rings (SSSR count). The molecule has 2 aromatic heterocycles. The van der Waals surface area contributed by atoms with Crippen molar-refractivity contribution in [3.05, 3.63) is 46.8 Å². The zero-order valence-corrected chi connectivity index (χ0v) is 24.7. The van der Waals surface area contributed by atoms with Crippen LogP contribution >= 0.6 is 0 Å². The predicted octanol–water partition coefficient (Wildman–Crippen LogP) is 5.93. The summed E-state index contributed by atoms with van der Waals surface area (Å²) in [5.74, 6) is -1.47. The first-order valence-electron chi connectivity index (χ1n) is 13.8. The van der Waals surface area contributed by atoms with Gasteiger partial charge in [0.1, 0.15) is 16.9 Å². The standard InChI is InChI=1S/C30H37F2N5O4/c1-17-12-22(40-7)24(32)26(23(17)31)37-16-19-15-33-27-21(25(19)35(6)28(37)38)14-20(34(27)5)13-18-8-10-36(11-9-18)29(39)41-30(2,3)4/h12,14-15,18H,8-11,13,16H2,1-7H3. The van der Waals surface area contributed by atoms with E-state index in [4.69, 9.17) is 9.47 Å². The van der Waals surface area contributed by atoms with Crippen LogP contribution in [0.5, 0.6) is 5.75 Å². The van der Waals surface area contributed by atoms with Crippen molar-refractivity contribution in [1.82, 2.24) is 14.5 Å². The summed E-state index contributed by atoms with van der Waals surface area (Å²) in [4.78, 5) is 35.0. The van der Waals surface area contributed by atoms with E-state index in [1.54, 1.807) is 18.1 Å². The van der Waals surface area contributed by atoms with Crippen LogP contribution in [0.3, 0.4) is 0 Å². The van der Waals surface area contributed by atoms with Gasteiger partial charge in [-0.2, -0.15) is 0 Å². The average molecular weight is 570 g/mol. The van der Waals surface area contributed by atoms with Gasteiger partial charge in [-0.15, -0.1) is 0 Å². The number of urea groups is 1. The highest BCUT2D eigenvalue weighted by Crippen LogP contribution is 2.41. The fraction of sp³-hybridized carbons (Fsp3) is 0.500. The van der Waals surface area contributed by atoms with E-state index in [2.05, 4.69) is 11.1 Å². The molecule has 0 aliphatic carbocycles. The molecular weight excluding hydrogens is 532 g/mol. The number of fused-ring (bicyclic) bond motifs is 3. The molecule has 0 bridgehead atoms. The van der Waals surface area contributed by atoms with Gasteiger partial charge in [0.2, 0.25) is 0 Å². The number of benzene rings is 1. The number of likely N-dealkylation sites (tertiary alicyclic amines) is 1. The van der Waals surface area contributed by atoms with Crippen molar-refractivity contribution in [3.63, 3.8) is 0 Å². The Morgan fingerprint density at radius 2 is 1.78 bits per heavy atom. The van der Waals surface area contributed by atoms with Crippen molar-refractivity contribution in [2.24, 2.45) is 13.0 Å². The molecule has 1 fully saturated rings. The summed E-state index contributed by atoms with van der Waals surface area (Å²) in [5, 5.41) is 0.810. The molecule has 0 unspecified atom stereocenters. The molecule has 4 heterocycles. The van der Waals surface area contributed by atoms with E-state index < -0.39 is 29.0 Å². The highest BCUT2D eigenvalue weighted by Gasteiger charge is 2.36. The van der Waals surface area contributed by atoms with E-state index in [0.717, 1.165) is 40.9 Å². The number of aryl methyl sites for hydroxylation is 2. The van der Waals surface area contributed by atoms with E-state index in [0.29, 0.717) is 30.3 Å². The third-order valence-electron chi connectivity index (χ3n) is 7.96. The Balaban J connectivity index is 1.40. The van der Waals surface area contributed by atoms with Crippen molar-refractivity contribution >= 4 is 34.5 Å². The van der Waals surface area contributed by atoms with Crippen molar-refractivity contribution in [2.75, 3.05) is 37.0 Å².